The van der Waals surface area contributed by atoms with Crippen molar-refractivity contribution in [3.63, 3.8) is 0 Å². The van der Waals surface area contributed by atoms with E-state index < -0.39 is 0 Å². The van der Waals surface area contributed by atoms with E-state index in [4.69, 9.17) is 4.99 Å². The molecule has 0 saturated carbocycles. The molecule has 24 heavy (non-hydrogen) atoms. The van der Waals surface area contributed by atoms with Gasteiger partial charge in [-0.2, -0.15) is 0 Å². The minimum atomic E-state index is -0.129. The smallest absolute Gasteiger partial charge is 0.123 e. The standard InChI is InChI=1S/C21H23FN2/c1-2-3-8-21-23-19-7-5-4-6-16(19)14-20-18-10-9-17(22)13-15(18)11-12-24(20)21/h4-7,9-10,13,20H,2-3,8,11-12,14H2,1H3. The lowest BCUT2D eigenvalue weighted by Crippen LogP contribution is -2.40. The number of rotatable bonds is 3. The van der Waals surface area contributed by atoms with Crippen LogP contribution in [0.3, 0.4) is 0 Å². The number of benzene rings is 2. The van der Waals surface area contributed by atoms with Crippen LogP contribution in [0.1, 0.15) is 48.9 Å². The van der Waals surface area contributed by atoms with Crippen molar-refractivity contribution in [3.8, 4) is 0 Å². The zero-order valence-electron chi connectivity index (χ0n) is 14.1. The number of nitrogens with zero attached hydrogens (tertiary/aromatic N) is 2. The van der Waals surface area contributed by atoms with Crippen LogP contribution < -0.4 is 0 Å². The predicted molar refractivity (Wildman–Crippen MR) is 96.3 cm³/mol. The van der Waals surface area contributed by atoms with Gasteiger partial charge in [0.25, 0.3) is 0 Å². The number of hydrogen-bond donors (Lipinski definition) is 0. The first-order chi connectivity index (χ1) is 11.8. The van der Waals surface area contributed by atoms with Crippen LogP contribution >= 0.6 is 0 Å². The normalized spacial score (nSPS) is 19.0. The molecule has 2 nitrogen and oxygen atoms in total. The SMILES string of the molecule is CCCCC1=Nc2ccccc2CC2c3ccc(F)cc3CCN12. The Hall–Kier alpha value is -2.16. The first-order valence-electron chi connectivity index (χ1n) is 8.96. The van der Waals surface area contributed by atoms with Crippen LogP contribution in [0.25, 0.3) is 0 Å². The van der Waals surface area contributed by atoms with Crippen LogP contribution in [0.15, 0.2) is 47.5 Å². The topological polar surface area (TPSA) is 15.6 Å². The van der Waals surface area contributed by atoms with Crippen molar-refractivity contribution in [2.75, 3.05) is 6.54 Å². The second-order valence-corrected chi connectivity index (χ2v) is 6.77. The lowest BCUT2D eigenvalue weighted by atomic mass is 9.88. The minimum Gasteiger partial charge on any atom is -0.352 e. The van der Waals surface area contributed by atoms with Crippen LogP contribution in [-0.4, -0.2) is 17.3 Å². The van der Waals surface area contributed by atoms with Crippen molar-refractivity contribution >= 4 is 11.5 Å². The average molecular weight is 322 g/mol. The van der Waals surface area contributed by atoms with Gasteiger partial charge < -0.3 is 4.90 Å². The molecule has 3 heteroatoms. The van der Waals surface area contributed by atoms with Crippen LogP contribution in [0.5, 0.6) is 0 Å². The molecule has 2 heterocycles. The van der Waals surface area contributed by atoms with E-state index in [0.29, 0.717) is 0 Å². The predicted octanol–water partition coefficient (Wildman–Crippen LogP) is 5.20. The minimum absolute atomic E-state index is 0.129. The molecule has 1 unspecified atom stereocenters. The van der Waals surface area contributed by atoms with Crippen molar-refractivity contribution < 1.29 is 4.39 Å². The number of unbranched alkanes of at least 4 members (excludes halogenated alkanes) is 1. The van der Waals surface area contributed by atoms with E-state index in [2.05, 4.69) is 36.1 Å². The maximum absolute atomic E-state index is 13.6. The molecule has 0 aromatic heterocycles. The zero-order valence-corrected chi connectivity index (χ0v) is 14.1. The molecule has 1 atom stereocenters. The molecular weight excluding hydrogens is 299 g/mol. The molecule has 0 aliphatic carbocycles. The molecule has 0 bridgehead atoms. The molecule has 0 fully saturated rings. The quantitative estimate of drug-likeness (QED) is 0.758. The van der Waals surface area contributed by atoms with E-state index in [9.17, 15) is 4.39 Å². The lowest BCUT2D eigenvalue weighted by molar-refractivity contribution is 0.293. The number of amidine groups is 1. The summed E-state index contributed by atoms with van der Waals surface area (Å²) in [5.74, 6) is 1.07. The summed E-state index contributed by atoms with van der Waals surface area (Å²) < 4.78 is 13.6. The Labute approximate surface area is 143 Å². The van der Waals surface area contributed by atoms with Gasteiger partial charge in [0, 0.05) is 13.0 Å². The number of halogens is 1. The maximum Gasteiger partial charge on any atom is 0.123 e. The summed E-state index contributed by atoms with van der Waals surface area (Å²) in [5.41, 5.74) is 4.81. The van der Waals surface area contributed by atoms with Gasteiger partial charge in [0.15, 0.2) is 0 Å². The van der Waals surface area contributed by atoms with Crippen LogP contribution in [0.4, 0.5) is 10.1 Å². The summed E-state index contributed by atoms with van der Waals surface area (Å²) in [6.07, 6.45) is 5.17. The van der Waals surface area contributed by atoms with Crippen molar-refractivity contribution in [2.45, 2.75) is 45.1 Å². The highest BCUT2D eigenvalue weighted by molar-refractivity contribution is 5.87. The van der Waals surface area contributed by atoms with Gasteiger partial charge in [-0.05, 0) is 54.2 Å². The van der Waals surface area contributed by atoms with E-state index in [-0.39, 0.29) is 11.9 Å². The molecule has 0 N–H and O–H groups in total. The Morgan fingerprint density at radius 1 is 1.17 bits per heavy atom. The second kappa shape index (κ2) is 6.39. The average Bonchev–Trinajstić information content (AvgIpc) is 2.76. The highest BCUT2D eigenvalue weighted by Crippen LogP contribution is 2.38. The second-order valence-electron chi connectivity index (χ2n) is 6.77. The highest BCUT2D eigenvalue weighted by atomic mass is 19.1. The summed E-state index contributed by atoms with van der Waals surface area (Å²) in [6, 6.07) is 14.0. The van der Waals surface area contributed by atoms with Crippen molar-refractivity contribution in [1.29, 1.82) is 0 Å². The van der Waals surface area contributed by atoms with Crippen molar-refractivity contribution in [3.05, 3.63) is 65.0 Å². The first-order valence-corrected chi connectivity index (χ1v) is 8.96. The maximum atomic E-state index is 13.6. The Bertz CT molecular complexity index is 781. The van der Waals surface area contributed by atoms with Gasteiger partial charge in [-0.25, -0.2) is 9.38 Å². The van der Waals surface area contributed by atoms with Crippen LogP contribution in [0, 0.1) is 5.82 Å². The highest BCUT2D eigenvalue weighted by Gasteiger charge is 2.32. The summed E-state index contributed by atoms with van der Waals surface area (Å²) in [4.78, 5) is 7.49. The Morgan fingerprint density at radius 3 is 2.92 bits per heavy atom. The Morgan fingerprint density at radius 2 is 2.04 bits per heavy atom. The molecule has 4 rings (SSSR count). The van der Waals surface area contributed by atoms with Gasteiger partial charge in [0.1, 0.15) is 11.7 Å². The van der Waals surface area contributed by atoms with Gasteiger partial charge in [-0.15, -0.1) is 0 Å². The number of para-hydroxylation sites is 1. The Kier molecular flexibility index (Phi) is 4.09. The monoisotopic (exact) mass is 322 g/mol. The third kappa shape index (κ3) is 2.72. The van der Waals surface area contributed by atoms with Gasteiger partial charge >= 0.3 is 0 Å². The summed E-state index contributed by atoms with van der Waals surface area (Å²) in [6.45, 7) is 3.15. The molecule has 0 amide bonds. The first kappa shape index (κ1) is 15.4. The van der Waals surface area contributed by atoms with E-state index in [1.165, 1.54) is 23.4 Å². The fourth-order valence-corrected chi connectivity index (χ4v) is 3.95. The molecule has 2 aliphatic heterocycles. The summed E-state index contributed by atoms with van der Waals surface area (Å²) in [7, 11) is 0. The molecular formula is C21H23FN2. The number of fused-ring (bicyclic) bond motifs is 4. The van der Waals surface area contributed by atoms with E-state index in [0.717, 1.165) is 43.5 Å². The number of aliphatic imine (C=N–C) groups is 1. The zero-order chi connectivity index (χ0) is 16.5. The van der Waals surface area contributed by atoms with Crippen LogP contribution in [0.2, 0.25) is 0 Å². The largest absolute Gasteiger partial charge is 0.352 e. The summed E-state index contributed by atoms with van der Waals surface area (Å²) >= 11 is 0. The number of hydrogen-bond acceptors (Lipinski definition) is 2. The fraction of sp³-hybridized carbons (Fsp3) is 0.381. The van der Waals surface area contributed by atoms with Gasteiger partial charge in [0.2, 0.25) is 0 Å². The molecule has 0 radical (unpaired) electrons. The molecule has 2 aliphatic rings. The van der Waals surface area contributed by atoms with E-state index in [1.54, 1.807) is 12.1 Å². The third-order valence-corrected chi connectivity index (χ3v) is 5.20. The van der Waals surface area contributed by atoms with Crippen molar-refractivity contribution in [2.24, 2.45) is 4.99 Å². The van der Waals surface area contributed by atoms with Gasteiger partial charge in [0.05, 0.1) is 11.7 Å². The van der Waals surface area contributed by atoms with Gasteiger partial charge in [-0.1, -0.05) is 37.6 Å². The van der Waals surface area contributed by atoms with E-state index >= 15 is 0 Å². The molecule has 124 valence electrons. The molecule has 2 aromatic carbocycles. The molecule has 2 aromatic rings. The summed E-state index contributed by atoms with van der Waals surface area (Å²) in [5, 5.41) is 0. The fourth-order valence-electron chi connectivity index (χ4n) is 3.95. The van der Waals surface area contributed by atoms with Crippen LogP contribution in [-0.2, 0) is 12.8 Å². The van der Waals surface area contributed by atoms with Crippen molar-refractivity contribution in [1.82, 2.24) is 4.90 Å². The molecule has 0 saturated heterocycles. The Balaban J connectivity index is 1.80. The lowest BCUT2D eigenvalue weighted by Gasteiger charge is -2.38. The van der Waals surface area contributed by atoms with E-state index in [1.807, 2.05) is 6.07 Å². The molecule has 0 spiro atoms. The third-order valence-electron chi connectivity index (χ3n) is 5.20. The van der Waals surface area contributed by atoms with Gasteiger partial charge in [-0.3, -0.25) is 0 Å².